The monoisotopic (exact) mass is 426 g/mol. The van der Waals surface area contributed by atoms with Gasteiger partial charge < -0.3 is 20.3 Å². The molecule has 132 valence electrons. The van der Waals surface area contributed by atoms with Gasteiger partial charge in [0.25, 0.3) is 0 Å². The summed E-state index contributed by atoms with van der Waals surface area (Å²) in [6, 6.07) is 0. The van der Waals surface area contributed by atoms with E-state index < -0.39 is 0 Å². The van der Waals surface area contributed by atoms with Gasteiger partial charge in [-0.25, -0.2) is 0 Å². The number of hydrogen-bond acceptors (Lipinski definition) is 3. The molecular formula is C16H35IN4O. The average molecular weight is 426 g/mol. The Morgan fingerprint density at radius 3 is 2.32 bits per heavy atom. The Labute approximate surface area is 153 Å². The molecule has 0 unspecified atom stereocenters. The van der Waals surface area contributed by atoms with Gasteiger partial charge in [0.1, 0.15) is 0 Å². The summed E-state index contributed by atoms with van der Waals surface area (Å²) in [6.07, 6.45) is 4.91. The topological polar surface area (TPSA) is 48.9 Å². The lowest BCUT2D eigenvalue weighted by atomic mass is 10.3. The first-order chi connectivity index (χ1) is 10.3. The zero-order valence-electron chi connectivity index (χ0n) is 14.6. The van der Waals surface area contributed by atoms with E-state index in [2.05, 4.69) is 34.4 Å². The first-order valence-electron chi connectivity index (χ1n) is 8.54. The largest absolute Gasteiger partial charge is 0.381 e. The molecule has 0 aliphatic heterocycles. The van der Waals surface area contributed by atoms with E-state index in [1.165, 1.54) is 12.8 Å². The molecule has 1 fully saturated rings. The number of ether oxygens (including phenoxy) is 1. The first kappa shape index (κ1) is 21.9. The van der Waals surface area contributed by atoms with Gasteiger partial charge >= 0.3 is 0 Å². The molecule has 0 radical (unpaired) electrons. The fourth-order valence-electron chi connectivity index (χ4n) is 2.19. The molecule has 0 heterocycles. The van der Waals surface area contributed by atoms with Gasteiger partial charge in [0.15, 0.2) is 5.96 Å². The maximum Gasteiger partial charge on any atom is 0.190 e. The normalized spacial score (nSPS) is 14.8. The maximum atomic E-state index is 5.62. The molecule has 5 nitrogen and oxygen atoms in total. The summed E-state index contributed by atoms with van der Waals surface area (Å²) in [5.74, 6) is 1.76. The van der Waals surface area contributed by atoms with Crippen molar-refractivity contribution in [2.75, 3.05) is 53.0 Å². The molecule has 22 heavy (non-hydrogen) atoms. The molecule has 0 spiro atoms. The molecular weight excluding hydrogens is 391 g/mol. The van der Waals surface area contributed by atoms with Crippen LogP contribution < -0.4 is 10.6 Å². The summed E-state index contributed by atoms with van der Waals surface area (Å²) in [5, 5.41) is 6.70. The van der Waals surface area contributed by atoms with Crippen molar-refractivity contribution in [3.05, 3.63) is 0 Å². The van der Waals surface area contributed by atoms with Crippen molar-refractivity contribution in [2.24, 2.45) is 10.9 Å². The van der Waals surface area contributed by atoms with Crippen molar-refractivity contribution in [1.29, 1.82) is 0 Å². The van der Waals surface area contributed by atoms with Gasteiger partial charge in [-0.1, -0.05) is 13.8 Å². The minimum Gasteiger partial charge on any atom is -0.381 e. The average Bonchev–Trinajstić information content (AvgIpc) is 3.32. The summed E-state index contributed by atoms with van der Waals surface area (Å²) in [4.78, 5) is 6.68. The van der Waals surface area contributed by atoms with Gasteiger partial charge in [-0.2, -0.15) is 0 Å². The third kappa shape index (κ3) is 11.5. The van der Waals surface area contributed by atoms with E-state index >= 15 is 0 Å². The van der Waals surface area contributed by atoms with Gasteiger partial charge in [0.05, 0.1) is 0 Å². The van der Waals surface area contributed by atoms with Gasteiger partial charge in [0.2, 0.25) is 0 Å². The highest BCUT2D eigenvalue weighted by atomic mass is 127. The Kier molecular flexibility index (Phi) is 14.5. The second kappa shape index (κ2) is 14.5. The van der Waals surface area contributed by atoms with E-state index in [-0.39, 0.29) is 24.0 Å². The maximum absolute atomic E-state index is 5.62. The molecule has 0 aromatic rings. The van der Waals surface area contributed by atoms with Crippen LogP contribution in [0.1, 0.15) is 39.5 Å². The van der Waals surface area contributed by atoms with E-state index in [4.69, 9.17) is 4.74 Å². The van der Waals surface area contributed by atoms with Crippen molar-refractivity contribution >= 4 is 29.9 Å². The van der Waals surface area contributed by atoms with Crippen LogP contribution in [0.25, 0.3) is 0 Å². The molecule has 0 aromatic carbocycles. The summed E-state index contributed by atoms with van der Waals surface area (Å²) in [7, 11) is 1.82. The van der Waals surface area contributed by atoms with Gasteiger partial charge in [-0.15, -0.1) is 24.0 Å². The number of nitrogens with zero attached hydrogens (tertiary/aromatic N) is 2. The van der Waals surface area contributed by atoms with Crippen molar-refractivity contribution in [3.63, 3.8) is 0 Å². The number of aliphatic imine (C=N–C) groups is 1. The van der Waals surface area contributed by atoms with E-state index in [9.17, 15) is 0 Å². The standard InChI is InChI=1S/C16H34N4O.HI/c1-4-20(5-2)12-6-10-18-16(17-3)19-11-7-13-21-14-15-8-9-15;/h15H,4-14H2,1-3H3,(H2,17,18,19);1H. The van der Waals surface area contributed by atoms with E-state index in [0.717, 1.165) is 70.7 Å². The smallest absolute Gasteiger partial charge is 0.190 e. The Morgan fingerprint density at radius 2 is 1.77 bits per heavy atom. The number of halogens is 1. The number of rotatable bonds is 12. The summed E-state index contributed by atoms with van der Waals surface area (Å²) >= 11 is 0. The number of guanidine groups is 1. The third-order valence-electron chi connectivity index (χ3n) is 3.87. The van der Waals surface area contributed by atoms with E-state index in [0.29, 0.717) is 0 Å². The molecule has 0 saturated heterocycles. The van der Waals surface area contributed by atoms with Crippen LogP contribution in [0, 0.1) is 5.92 Å². The second-order valence-electron chi connectivity index (χ2n) is 5.68. The minimum atomic E-state index is 0. The van der Waals surface area contributed by atoms with Crippen molar-refractivity contribution in [1.82, 2.24) is 15.5 Å². The van der Waals surface area contributed by atoms with Crippen LogP contribution in [0.3, 0.4) is 0 Å². The van der Waals surface area contributed by atoms with Crippen LogP contribution in [0.5, 0.6) is 0 Å². The lowest BCUT2D eigenvalue weighted by Crippen LogP contribution is -2.39. The van der Waals surface area contributed by atoms with Crippen LogP contribution in [-0.4, -0.2) is 63.8 Å². The summed E-state index contributed by atoms with van der Waals surface area (Å²) < 4.78 is 5.62. The summed E-state index contributed by atoms with van der Waals surface area (Å²) in [5.41, 5.74) is 0. The molecule has 0 aromatic heterocycles. The van der Waals surface area contributed by atoms with Gasteiger partial charge in [0, 0.05) is 33.4 Å². The van der Waals surface area contributed by atoms with Crippen LogP contribution >= 0.6 is 24.0 Å². The van der Waals surface area contributed by atoms with Crippen LogP contribution in [0.2, 0.25) is 0 Å². The lowest BCUT2D eigenvalue weighted by Gasteiger charge is -2.18. The zero-order valence-corrected chi connectivity index (χ0v) is 16.9. The van der Waals surface area contributed by atoms with Gasteiger partial charge in [-0.05, 0) is 51.2 Å². The van der Waals surface area contributed by atoms with Crippen molar-refractivity contribution in [2.45, 2.75) is 39.5 Å². The Morgan fingerprint density at radius 1 is 1.14 bits per heavy atom. The number of nitrogens with one attached hydrogen (secondary N) is 2. The second-order valence-corrected chi connectivity index (χ2v) is 5.68. The van der Waals surface area contributed by atoms with Crippen LogP contribution in [0.4, 0.5) is 0 Å². The Balaban J connectivity index is 0.00000441. The molecule has 2 N–H and O–H groups in total. The van der Waals surface area contributed by atoms with Crippen molar-refractivity contribution < 1.29 is 4.74 Å². The molecule has 1 aliphatic carbocycles. The molecule has 1 aliphatic rings. The molecule has 1 saturated carbocycles. The fraction of sp³-hybridized carbons (Fsp3) is 0.938. The lowest BCUT2D eigenvalue weighted by molar-refractivity contribution is 0.123. The van der Waals surface area contributed by atoms with Gasteiger partial charge in [-0.3, -0.25) is 4.99 Å². The molecule has 0 atom stereocenters. The SMILES string of the molecule is CCN(CC)CCCNC(=NC)NCCCOCC1CC1.I. The zero-order chi connectivity index (χ0) is 15.3. The minimum absolute atomic E-state index is 0. The fourth-order valence-corrected chi connectivity index (χ4v) is 2.19. The highest BCUT2D eigenvalue weighted by Crippen LogP contribution is 2.28. The highest BCUT2D eigenvalue weighted by molar-refractivity contribution is 14.0. The molecule has 1 rings (SSSR count). The third-order valence-corrected chi connectivity index (χ3v) is 3.87. The Hall–Kier alpha value is -0.0800. The van der Waals surface area contributed by atoms with Crippen LogP contribution in [-0.2, 0) is 4.74 Å². The molecule has 6 heteroatoms. The quantitative estimate of drug-likeness (QED) is 0.218. The van der Waals surface area contributed by atoms with E-state index in [1.807, 2.05) is 7.05 Å². The molecule has 0 amide bonds. The Bertz CT molecular complexity index is 281. The predicted molar refractivity (Wildman–Crippen MR) is 105 cm³/mol. The predicted octanol–water partition coefficient (Wildman–Crippen LogP) is 2.32. The number of hydrogen-bond donors (Lipinski definition) is 2. The summed E-state index contributed by atoms with van der Waals surface area (Å²) in [6.45, 7) is 11.5. The van der Waals surface area contributed by atoms with E-state index in [1.54, 1.807) is 0 Å². The van der Waals surface area contributed by atoms with Crippen LogP contribution in [0.15, 0.2) is 4.99 Å². The molecule has 0 bridgehead atoms. The highest BCUT2D eigenvalue weighted by Gasteiger charge is 2.20. The first-order valence-corrected chi connectivity index (χ1v) is 8.54. The van der Waals surface area contributed by atoms with Crippen molar-refractivity contribution in [3.8, 4) is 0 Å².